The number of carbonyl (C=O) groups is 1. The molecule has 7 heteroatoms. The van der Waals surface area contributed by atoms with Crippen LogP contribution in [0.4, 0.5) is 0 Å². The molecule has 0 aromatic carbocycles. The predicted octanol–water partition coefficient (Wildman–Crippen LogP) is 1.77. The van der Waals surface area contributed by atoms with E-state index in [1.54, 1.807) is 6.07 Å². The van der Waals surface area contributed by atoms with Crippen LogP contribution in [-0.2, 0) is 0 Å². The number of hydrogen-bond donors (Lipinski definition) is 0. The summed E-state index contributed by atoms with van der Waals surface area (Å²) in [5.74, 6) is 0.0121. The standard InChI is InChI=1S/C12H10ClN3O3/c1-18-9-6-15-10(12(16-9)19-2)11(17)7-3-4-8(13)14-5-7/h3-6H,1-2H3. The van der Waals surface area contributed by atoms with Gasteiger partial charge in [0, 0.05) is 11.8 Å². The lowest BCUT2D eigenvalue weighted by atomic mass is 10.1. The Kier molecular flexibility index (Phi) is 3.91. The van der Waals surface area contributed by atoms with Gasteiger partial charge in [-0.25, -0.2) is 9.97 Å². The van der Waals surface area contributed by atoms with Crippen molar-refractivity contribution in [2.45, 2.75) is 0 Å². The Bertz CT molecular complexity index is 602. The van der Waals surface area contributed by atoms with Gasteiger partial charge in [-0.05, 0) is 12.1 Å². The average molecular weight is 280 g/mol. The minimum Gasteiger partial charge on any atom is -0.480 e. The van der Waals surface area contributed by atoms with E-state index in [2.05, 4.69) is 15.0 Å². The van der Waals surface area contributed by atoms with Gasteiger partial charge in [-0.1, -0.05) is 11.6 Å². The number of rotatable bonds is 4. The molecule has 0 fully saturated rings. The molecule has 2 rings (SSSR count). The van der Waals surface area contributed by atoms with Gasteiger partial charge in [-0.3, -0.25) is 4.79 Å². The number of hydrogen-bond acceptors (Lipinski definition) is 6. The Morgan fingerprint density at radius 1 is 1.16 bits per heavy atom. The third kappa shape index (κ3) is 2.79. The first-order valence-electron chi connectivity index (χ1n) is 5.27. The molecule has 0 unspecified atom stereocenters. The Balaban J connectivity index is 2.40. The normalized spacial score (nSPS) is 10.1. The third-order valence-electron chi connectivity index (χ3n) is 2.33. The molecule has 2 heterocycles. The van der Waals surface area contributed by atoms with Crippen molar-refractivity contribution in [3.8, 4) is 11.8 Å². The van der Waals surface area contributed by atoms with Crippen LogP contribution in [0, 0.1) is 0 Å². The van der Waals surface area contributed by atoms with Crippen molar-refractivity contribution in [3.05, 3.63) is 40.9 Å². The Morgan fingerprint density at radius 3 is 2.53 bits per heavy atom. The SMILES string of the molecule is COc1cnc(C(=O)c2ccc(Cl)nc2)c(OC)n1. The predicted molar refractivity (Wildman–Crippen MR) is 67.8 cm³/mol. The summed E-state index contributed by atoms with van der Waals surface area (Å²) in [6.07, 6.45) is 2.72. The largest absolute Gasteiger partial charge is 0.480 e. The molecule has 6 nitrogen and oxygen atoms in total. The van der Waals surface area contributed by atoms with Crippen LogP contribution in [0.1, 0.15) is 16.1 Å². The lowest BCUT2D eigenvalue weighted by Crippen LogP contribution is -2.09. The van der Waals surface area contributed by atoms with Gasteiger partial charge in [0.1, 0.15) is 5.15 Å². The molecular formula is C12H10ClN3O3. The zero-order chi connectivity index (χ0) is 13.8. The van der Waals surface area contributed by atoms with Crippen molar-refractivity contribution < 1.29 is 14.3 Å². The Labute approximate surface area is 114 Å². The van der Waals surface area contributed by atoms with Gasteiger partial charge in [0.2, 0.25) is 17.5 Å². The van der Waals surface area contributed by atoms with Gasteiger partial charge in [0.15, 0.2) is 5.69 Å². The minimum absolute atomic E-state index is 0.0902. The highest BCUT2D eigenvalue weighted by molar-refractivity contribution is 6.29. The second kappa shape index (κ2) is 5.62. The molecular weight excluding hydrogens is 270 g/mol. The molecule has 0 aliphatic rings. The van der Waals surface area contributed by atoms with Crippen molar-refractivity contribution in [1.29, 1.82) is 0 Å². The molecule has 2 aromatic heterocycles. The fraction of sp³-hybridized carbons (Fsp3) is 0.167. The van der Waals surface area contributed by atoms with Gasteiger partial charge >= 0.3 is 0 Å². The molecule has 2 aromatic rings. The maximum atomic E-state index is 12.2. The summed E-state index contributed by atoms with van der Waals surface area (Å²) in [4.78, 5) is 24.1. The molecule has 0 aliphatic heterocycles. The van der Waals surface area contributed by atoms with Gasteiger partial charge < -0.3 is 9.47 Å². The van der Waals surface area contributed by atoms with Crippen LogP contribution in [0.15, 0.2) is 24.5 Å². The molecule has 19 heavy (non-hydrogen) atoms. The molecule has 0 amide bonds. The summed E-state index contributed by atoms with van der Waals surface area (Å²) < 4.78 is 9.95. The van der Waals surface area contributed by atoms with Crippen molar-refractivity contribution in [2.75, 3.05) is 14.2 Å². The van der Waals surface area contributed by atoms with E-state index >= 15 is 0 Å². The molecule has 0 saturated carbocycles. The smallest absolute Gasteiger partial charge is 0.247 e. The van der Waals surface area contributed by atoms with Gasteiger partial charge in [0.05, 0.1) is 20.4 Å². The fourth-order valence-corrected chi connectivity index (χ4v) is 1.51. The first-order chi connectivity index (χ1) is 9.15. The first-order valence-corrected chi connectivity index (χ1v) is 5.64. The van der Waals surface area contributed by atoms with E-state index in [9.17, 15) is 4.79 Å². The van der Waals surface area contributed by atoms with E-state index in [-0.39, 0.29) is 23.2 Å². The van der Waals surface area contributed by atoms with Crippen molar-refractivity contribution in [1.82, 2.24) is 15.0 Å². The zero-order valence-corrected chi connectivity index (χ0v) is 11.0. The third-order valence-corrected chi connectivity index (χ3v) is 2.55. The van der Waals surface area contributed by atoms with Crippen LogP contribution in [0.3, 0.4) is 0 Å². The number of ether oxygens (including phenoxy) is 2. The van der Waals surface area contributed by atoms with E-state index < -0.39 is 0 Å². The van der Waals surface area contributed by atoms with E-state index in [1.807, 2.05) is 0 Å². The summed E-state index contributed by atoms with van der Waals surface area (Å²) in [6, 6.07) is 3.08. The zero-order valence-electron chi connectivity index (χ0n) is 10.3. The highest BCUT2D eigenvalue weighted by Gasteiger charge is 2.18. The van der Waals surface area contributed by atoms with Crippen LogP contribution in [0.5, 0.6) is 11.8 Å². The summed E-state index contributed by atoms with van der Waals surface area (Å²) in [7, 11) is 2.86. The molecule has 98 valence electrons. The maximum Gasteiger partial charge on any atom is 0.247 e. The molecule has 0 N–H and O–H groups in total. The Morgan fingerprint density at radius 2 is 1.95 bits per heavy atom. The van der Waals surface area contributed by atoms with Crippen molar-refractivity contribution in [2.24, 2.45) is 0 Å². The average Bonchev–Trinajstić information content (AvgIpc) is 2.46. The summed E-state index contributed by atoms with van der Waals surface area (Å²) in [5.41, 5.74) is 0.439. The minimum atomic E-state index is -0.351. The van der Waals surface area contributed by atoms with Gasteiger partial charge in [0.25, 0.3) is 0 Å². The number of halogens is 1. The monoisotopic (exact) mass is 279 g/mol. The van der Waals surface area contributed by atoms with Crippen molar-refractivity contribution in [3.63, 3.8) is 0 Å². The Hall–Kier alpha value is -2.21. The van der Waals surface area contributed by atoms with E-state index in [4.69, 9.17) is 21.1 Å². The molecule has 0 aliphatic carbocycles. The molecule has 0 radical (unpaired) electrons. The molecule has 0 spiro atoms. The second-order valence-corrected chi connectivity index (χ2v) is 3.86. The quantitative estimate of drug-likeness (QED) is 0.627. The van der Waals surface area contributed by atoms with E-state index in [0.29, 0.717) is 10.7 Å². The number of nitrogens with zero attached hydrogens (tertiary/aromatic N) is 3. The highest BCUT2D eigenvalue weighted by atomic mass is 35.5. The second-order valence-electron chi connectivity index (χ2n) is 3.47. The molecule has 0 saturated heterocycles. The lowest BCUT2D eigenvalue weighted by Gasteiger charge is -2.07. The molecule has 0 bridgehead atoms. The number of aromatic nitrogens is 3. The van der Waals surface area contributed by atoms with E-state index in [0.717, 1.165) is 0 Å². The number of ketones is 1. The summed E-state index contributed by atoms with van der Waals surface area (Å²) in [5, 5.41) is 0.310. The van der Waals surface area contributed by atoms with Crippen LogP contribution < -0.4 is 9.47 Å². The first kappa shape index (κ1) is 13.2. The topological polar surface area (TPSA) is 74.2 Å². The van der Waals surface area contributed by atoms with Crippen LogP contribution >= 0.6 is 11.6 Å². The van der Waals surface area contributed by atoms with Crippen LogP contribution in [0.2, 0.25) is 5.15 Å². The highest BCUT2D eigenvalue weighted by Crippen LogP contribution is 2.20. The molecule has 0 atom stereocenters. The van der Waals surface area contributed by atoms with Gasteiger partial charge in [-0.2, -0.15) is 4.98 Å². The number of methoxy groups -OCH3 is 2. The number of carbonyl (C=O) groups excluding carboxylic acids is 1. The summed E-state index contributed by atoms with van der Waals surface area (Å²) >= 11 is 5.67. The van der Waals surface area contributed by atoms with Crippen LogP contribution in [-0.4, -0.2) is 35.0 Å². The lowest BCUT2D eigenvalue weighted by molar-refractivity contribution is 0.102. The van der Waals surface area contributed by atoms with Crippen LogP contribution in [0.25, 0.3) is 0 Å². The maximum absolute atomic E-state index is 12.2. The fourth-order valence-electron chi connectivity index (χ4n) is 1.40. The van der Waals surface area contributed by atoms with Gasteiger partial charge in [-0.15, -0.1) is 0 Å². The number of pyridine rings is 1. The summed E-state index contributed by atoms with van der Waals surface area (Å²) in [6.45, 7) is 0. The van der Waals surface area contributed by atoms with E-state index in [1.165, 1.54) is 32.7 Å². The van der Waals surface area contributed by atoms with Crippen molar-refractivity contribution >= 4 is 17.4 Å².